The number of hydrogen-bond donors (Lipinski definition) is 2. The van der Waals surface area contributed by atoms with Crippen molar-refractivity contribution in [2.75, 3.05) is 5.32 Å². The molecule has 0 radical (unpaired) electrons. The van der Waals surface area contributed by atoms with Crippen molar-refractivity contribution < 1.29 is 14.3 Å². The van der Waals surface area contributed by atoms with Gasteiger partial charge in [-0.15, -0.1) is 0 Å². The molecule has 0 saturated heterocycles. The number of nitrogens with zero attached hydrogens (tertiary/aromatic N) is 1. The number of amides is 1. The third-order valence-corrected chi connectivity index (χ3v) is 4.84. The predicted molar refractivity (Wildman–Crippen MR) is 107 cm³/mol. The molecule has 0 unspecified atom stereocenters. The van der Waals surface area contributed by atoms with E-state index in [4.69, 9.17) is 16.0 Å². The van der Waals surface area contributed by atoms with E-state index in [1.807, 2.05) is 18.2 Å². The van der Waals surface area contributed by atoms with E-state index in [9.17, 15) is 15.2 Å². The Hall–Kier alpha value is -3.01. The largest absolute Gasteiger partial charge is 0.508 e. The molecular formula is C20H12BrClN2O3. The molecule has 0 bridgehead atoms. The van der Waals surface area contributed by atoms with Crippen LogP contribution in [0.25, 0.3) is 17.4 Å². The van der Waals surface area contributed by atoms with Gasteiger partial charge in [0.05, 0.1) is 5.02 Å². The lowest BCUT2D eigenvalue weighted by Crippen LogP contribution is -2.13. The summed E-state index contributed by atoms with van der Waals surface area (Å²) >= 11 is 9.42. The topological polar surface area (TPSA) is 86.3 Å². The van der Waals surface area contributed by atoms with Crippen molar-refractivity contribution in [2.45, 2.75) is 0 Å². The standard InChI is InChI=1S/C20H12BrClN2O3/c21-17-7-1-12(10-18(17)22)19-8-6-16(27-19)9-13(11-23)20(26)24-14-2-4-15(25)5-3-14/h1-10,25H,(H,24,26)/b13-9-. The first-order chi connectivity index (χ1) is 13.0. The number of halogens is 2. The molecule has 7 heteroatoms. The van der Waals surface area contributed by atoms with Crippen LogP contribution in [-0.2, 0) is 4.79 Å². The fourth-order valence-electron chi connectivity index (χ4n) is 2.27. The summed E-state index contributed by atoms with van der Waals surface area (Å²) < 4.78 is 6.47. The van der Waals surface area contributed by atoms with Crippen molar-refractivity contribution in [3.63, 3.8) is 0 Å². The molecule has 1 amide bonds. The lowest BCUT2D eigenvalue weighted by molar-refractivity contribution is -0.112. The summed E-state index contributed by atoms with van der Waals surface area (Å²) in [5.74, 6) is 0.432. The number of nitrogens with one attached hydrogen (secondary N) is 1. The second kappa shape index (κ2) is 8.12. The van der Waals surface area contributed by atoms with Crippen LogP contribution in [0.3, 0.4) is 0 Å². The third-order valence-electron chi connectivity index (χ3n) is 3.61. The van der Waals surface area contributed by atoms with E-state index < -0.39 is 5.91 Å². The van der Waals surface area contributed by atoms with E-state index in [0.717, 1.165) is 10.0 Å². The molecule has 1 heterocycles. The lowest BCUT2D eigenvalue weighted by Gasteiger charge is -2.04. The maximum atomic E-state index is 12.3. The normalized spacial score (nSPS) is 11.1. The van der Waals surface area contributed by atoms with Gasteiger partial charge in [-0.25, -0.2) is 0 Å². The Morgan fingerprint density at radius 1 is 1.19 bits per heavy atom. The molecule has 0 spiro atoms. The van der Waals surface area contributed by atoms with E-state index >= 15 is 0 Å². The summed E-state index contributed by atoms with van der Waals surface area (Å²) in [7, 11) is 0. The van der Waals surface area contributed by atoms with Gasteiger partial charge in [0.1, 0.15) is 28.9 Å². The van der Waals surface area contributed by atoms with Crippen LogP contribution in [0.2, 0.25) is 5.02 Å². The number of furan rings is 1. The molecule has 2 aromatic carbocycles. The molecular weight excluding hydrogens is 432 g/mol. The molecule has 2 N–H and O–H groups in total. The SMILES string of the molecule is N#C/C(=C/c1ccc(-c2ccc(Br)c(Cl)c2)o1)C(=O)Nc1ccc(O)cc1. The van der Waals surface area contributed by atoms with Crippen molar-refractivity contribution in [3.8, 4) is 23.1 Å². The average Bonchev–Trinajstić information content (AvgIpc) is 3.12. The van der Waals surface area contributed by atoms with Crippen LogP contribution >= 0.6 is 27.5 Å². The number of carbonyl (C=O) groups is 1. The summed E-state index contributed by atoms with van der Waals surface area (Å²) in [6.45, 7) is 0. The Bertz CT molecular complexity index is 1070. The molecule has 134 valence electrons. The monoisotopic (exact) mass is 442 g/mol. The fraction of sp³-hybridized carbons (Fsp3) is 0. The van der Waals surface area contributed by atoms with E-state index in [1.165, 1.54) is 30.3 Å². The zero-order valence-electron chi connectivity index (χ0n) is 13.7. The number of hydrogen-bond acceptors (Lipinski definition) is 4. The van der Waals surface area contributed by atoms with E-state index in [0.29, 0.717) is 22.2 Å². The lowest BCUT2D eigenvalue weighted by atomic mass is 10.2. The number of anilines is 1. The number of phenols is 1. The highest BCUT2D eigenvalue weighted by Crippen LogP contribution is 2.30. The van der Waals surface area contributed by atoms with Gasteiger partial charge >= 0.3 is 0 Å². The van der Waals surface area contributed by atoms with Crippen LogP contribution in [0.15, 0.2) is 69.1 Å². The highest BCUT2D eigenvalue weighted by molar-refractivity contribution is 9.10. The minimum absolute atomic E-state index is 0.0835. The van der Waals surface area contributed by atoms with Crippen LogP contribution in [0.1, 0.15) is 5.76 Å². The van der Waals surface area contributed by atoms with Gasteiger partial charge in [-0.1, -0.05) is 17.7 Å². The van der Waals surface area contributed by atoms with Gasteiger partial charge in [0.15, 0.2) is 0 Å². The summed E-state index contributed by atoms with van der Waals surface area (Å²) in [4.78, 5) is 12.3. The van der Waals surface area contributed by atoms with Gasteiger partial charge in [0.25, 0.3) is 5.91 Å². The van der Waals surface area contributed by atoms with Crippen LogP contribution in [0.4, 0.5) is 5.69 Å². The van der Waals surface area contributed by atoms with Crippen LogP contribution in [0.5, 0.6) is 5.75 Å². The molecule has 0 aliphatic rings. The number of phenolic OH excluding ortho intramolecular Hbond substituents is 1. The van der Waals surface area contributed by atoms with Gasteiger partial charge in [0.2, 0.25) is 0 Å². The Kier molecular flexibility index (Phi) is 5.65. The first-order valence-corrected chi connectivity index (χ1v) is 8.91. The van der Waals surface area contributed by atoms with Gasteiger partial charge in [-0.05, 0) is 64.5 Å². The van der Waals surface area contributed by atoms with Gasteiger partial charge < -0.3 is 14.8 Å². The second-order valence-electron chi connectivity index (χ2n) is 5.50. The molecule has 0 saturated carbocycles. The molecule has 5 nitrogen and oxygen atoms in total. The maximum Gasteiger partial charge on any atom is 0.266 e. The molecule has 0 atom stereocenters. The molecule has 27 heavy (non-hydrogen) atoms. The summed E-state index contributed by atoms with van der Waals surface area (Å²) in [5.41, 5.74) is 1.12. The molecule has 1 aromatic heterocycles. The molecule has 0 aliphatic carbocycles. The summed E-state index contributed by atoms with van der Waals surface area (Å²) in [6.07, 6.45) is 1.36. The highest BCUT2D eigenvalue weighted by Gasteiger charge is 2.12. The predicted octanol–water partition coefficient (Wildman–Crippen LogP) is 5.61. The van der Waals surface area contributed by atoms with Crippen LogP contribution < -0.4 is 5.32 Å². The average molecular weight is 444 g/mol. The van der Waals surface area contributed by atoms with Crippen LogP contribution in [0, 0.1) is 11.3 Å². The van der Waals surface area contributed by atoms with E-state index in [1.54, 1.807) is 18.2 Å². The Balaban J connectivity index is 1.80. The zero-order valence-corrected chi connectivity index (χ0v) is 16.1. The molecule has 0 aliphatic heterocycles. The molecule has 0 fully saturated rings. The Labute approximate surface area is 168 Å². The van der Waals surface area contributed by atoms with Crippen LogP contribution in [-0.4, -0.2) is 11.0 Å². The number of nitriles is 1. The van der Waals surface area contributed by atoms with E-state index in [-0.39, 0.29) is 11.3 Å². The number of benzene rings is 2. The Morgan fingerprint density at radius 3 is 2.59 bits per heavy atom. The van der Waals surface area contributed by atoms with Crippen molar-refractivity contribution in [3.05, 3.63) is 75.4 Å². The van der Waals surface area contributed by atoms with Gasteiger partial charge in [-0.2, -0.15) is 5.26 Å². The van der Waals surface area contributed by atoms with Gasteiger partial charge in [0, 0.05) is 21.8 Å². The molecule has 3 aromatic rings. The quantitative estimate of drug-likeness (QED) is 0.311. The second-order valence-corrected chi connectivity index (χ2v) is 6.76. The first kappa shape index (κ1) is 18.8. The third kappa shape index (κ3) is 4.59. The number of rotatable bonds is 4. The highest BCUT2D eigenvalue weighted by atomic mass is 79.9. The molecule has 3 rings (SSSR count). The number of carbonyl (C=O) groups excluding carboxylic acids is 1. The Morgan fingerprint density at radius 2 is 1.93 bits per heavy atom. The van der Waals surface area contributed by atoms with Crippen molar-refractivity contribution >= 4 is 45.2 Å². The smallest absolute Gasteiger partial charge is 0.266 e. The summed E-state index contributed by atoms with van der Waals surface area (Å²) in [5, 5.41) is 21.7. The minimum atomic E-state index is -0.576. The number of aromatic hydroxyl groups is 1. The minimum Gasteiger partial charge on any atom is -0.508 e. The maximum absolute atomic E-state index is 12.3. The zero-order chi connectivity index (χ0) is 19.4. The fourth-order valence-corrected chi connectivity index (χ4v) is 2.70. The first-order valence-electron chi connectivity index (χ1n) is 7.73. The van der Waals surface area contributed by atoms with E-state index in [2.05, 4.69) is 21.2 Å². The van der Waals surface area contributed by atoms with Crippen molar-refractivity contribution in [1.82, 2.24) is 0 Å². The van der Waals surface area contributed by atoms with Crippen molar-refractivity contribution in [2.24, 2.45) is 0 Å². The van der Waals surface area contributed by atoms with Gasteiger partial charge in [-0.3, -0.25) is 4.79 Å². The van der Waals surface area contributed by atoms with Crippen molar-refractivity contribution in [1.29, 1.82) is 5.26 Å². The summed E-state index contributed by atoms with van der Waals surface area (Å²) in [6, 6.07) is 16.6.